The Labute approximate surface area is 94.1 Å². The van der Waals surface area contributed by atoms with Crippen LogP contribution >= 0.6 is 0 Å². The van der Waals surface area contributed by atoms with Gasteiger partial charge in [-0.25, -0.2) is 0 Å². The molecule has 2 rings (SSSR count). The van der Waals surface area contributed by atoms with Crippen molar-refractivity contribution in [1.82, 2.24) is 0 Å². The molecule has 0 aliphatic carbocycles. The quantitative estimate of drug-likeness (QED) is 0.354. The van der Waals surface area contributed by atoms with E-state index in [0.29, 0.717) is 12.2 Å². The van der Waals surface area contributed by atoms with Gasteiger partial charge in [0, 0.05) is 16.5 Å². The van der Waals surface area contributed by atoms with E-state index in [1.165, 1.54) is 0 Å². The van der Waals surface area contributed by atoms with Crippen LogP contribution in [0.15, 0.2) is 23.3 Å². The first-order valence-corrected chi connectivity index (χ1v) is 5.09. The normalized spacial score (nSPS) is 17.1. The fraction of sp³-hybridized carbons (Fsp3) is 0.333. The zero-order valence-corrected chi connectivity index (χ0v) is 9.36. The van der Waals surface area contributed by atoms with Gasteiger partial charge >= 0.3 is 0 Å². The standard InChI is InChI=1S/C12H14N2O2/c1-12(2)7-16-11-5-8(3-4-9(11)12)10(15)6-14-13/h3-6H,7,13H2,1-2H3. The Hall–Kier alpha value is -1.84. The van der Waals surface area contributed by atoms with Crippen LogP contribution in [0.1, 0.15) is 29.8 Å². The van der Waals surface area contributed by atoms with Gasteiger partial charge in [-0.15, -0.1) is 0 Å². The number of nitrogens with zero attached hydrogens (tertiary/aromatic N) is 1. The van der Waals surface area contributed by atoms with Gasteiger partial charge in [0.25, 0.3) is 0 Å². The summed E-state index contributed by atoms with van der Waals surface area (Å²) in [5.41, 5.74) is 1.69. The first-order chi connectivity index (χ1) is 7.54. The lowest BCUT2D eigenvalue weighted by Crippen LogP contribution is -2.18. The van der Waals surface area contributed by atoms with Crippen LogP contribution in [-0.2, 0) is 5.41 Å². The molecule has 1 aliphatic rings. The number of ether oxygens (including phenoxy) is 1. The lowest BCUT2D eigenvalue weighted by Gasteiger charge is -2.14. The van der Waals surface area contributed by atoms with E-state index in [4.69, 9.17) is 10.6 Å². The summed E-state index contributed by atoms with van der Waals surface area (Å²) in [7, 11) is 0. The molecule has 0 atom stereocenters. The maximum absolute atomic E-state index is 11.5. The summed E-state index contributed by atoms with van der Waals surface area (Å²) in [5.74, 6) is 5.51. The predicted octanol–water partition coefficient (Wildman–Crippen LogP) is 1.48. The SMILES string of the molecule is CC1(C)COc2cc(C(=O)C=NN)ccc21. The molecule has 84 valence electrons. The third-order valence-corrected chi connectivity index (χ3v) is 2.78. The number of ketones is 1. The second-order valence-corrected chi connectivity index (χ2v) is 4.53. The summed E-state index contributed by atoms with van der Waals surface area (Å²) < 4.78 is 5.55. The number of carbonyl (C=O) groups is 1. The van der Waals surface area contributed by atoms with Crippen molar-refractivity contribution in [3.05, 3.63) is 29.3 Å². The number of hydrogen-bond donors (Lipinski definition) is 1. The Morgan fingerprint density at radius 2 is 2.31 bits per heavy atom. The van der Waals surface area contributed by atoms with Crippen molar-refractivity contribution in [3.8, 4) is 5.75 Å². The molecule has 0 saturated carbocycles. The third-order valence-electron chi connectivity index (χ3n) is 2.78. The molecule has 4 heteroatoms. The van der Waals surface area contributed by atoms with Crippen molar-refractivity contribution in [2.24, 2.45) is 10.9 Å². The number of hydrogen-bond acceptors (Lipinski definition) is 4. The van der Waals surface area contributed by atoms with E-state index in [1.54, 1.807) is 12.1 Å². The van der Waals surface area contributed by atoms with Crippen LogP contribution in [0, 0.1) is 0 Å². The number of hydrazone groups is 1. The molecule has 0 unspecified atom stereocenters. The number of carbonyl (C=O) groups excluding carboxylic acids is 1. The zero-order chi connectivity index (χ0) is 11.8. The van der Waals surface area contributed by atoms with Crippen LogP contribution in [-0.4, -0.2) is 18.6 Å². The average Bonchev–Trinajstić information content (AvgIpc) is 2.55. The number of fused-ring (bicyclic) bond motifs is 1. The van der Waals surface area contributed by atoms with E-state index >= 15 is 0 Å². The minimum atomic E-state index is -0.210. The molecule has 1 heterocycles. The smallest absolute Gasteiger partial charge is 0.205 e. The first-order valence-electron chi connectivity index (χ1n) is 5.09. The topological polar surface area (TPSA) is 64.7 Å². The molecular formula is C12H14N2O2. The molecule has 0 fully saturated rings. The highest BCUT2D eigenvalue weighted by Crippen LogP contribution is 2.38. The molecule has 0 saturated heterocycles. The Balaban J connectivity index is 2.39. The third kappa shape index (κ3) is 1.66. The maximum Gasteiger partial charge on any atom is 0.205 e. The van der Waals surface area contributed by atoms with Gasteiger partial charge in [-0.05, 0) is 6.07 Å². The van der Waals surface area contributed by atoms with Gasteiger partial charge < -0.3 is 10.6 Å². The molecule has 1 aromatic rings. The van der Waals surface area contributed by atoms with Gasteiger partial charge in [-0.1, -0.05) is 26.0 Å². The Morgan fingerprint density at radius 3 is 3.00 bits per heavy atom. The predicted molar refractivity (Wildman–Crippen MR) is 62.0 cm³/mol. The van der Waals surface area contributed by atoms with Gasteiger partial charge in [0.05, 0.1) is 12.8 Å². The van der Waals surface area contributed by atoms with Gasteiger partial charge in [0.15, 0.2) is 0 Å². The van der Waals surface area contributed by atoms with Crippen molar-refractivity contribution in [1.29, 1.82) is 0 Å². The molecule has 0 aromatic heterocycles. The molecule has 2 N–H and O–H groups in total. The number of nitrogens with two attached hydrogens (primary N) is 1. The van der Waals surface area contributed by atoms with Crippen molar-refractivity contribution >= 4 is 12.0 Å². The van der Waals surface area contributed by atoms with Crippen LogP contribution in [0.25, 0.3) is 0 Å². The number of benzene rings is 1. The van der Waals surface area contributed by atoms with E-state index in [2.05, 4.69) is 18.9 Å². The van der Waals surface area contributed by atoms with E-state index in [1.807, 2.05) is 6.07 Å². The Kier molecular flexibility index (Phi) is 2.42. The van der Waals surface area contributed by atoms with E-state index in [9.17, 15) is 4.79 Å². The van der Waals surface area contributed by atoms with E-state index in [-0.39, 0.29) is 11.2 Å². The summed E-state index contributed by atoms with van der Waals surface area (Å²) in [4.78, 5) is 11.5. The van der Waals surface area contributed by atoms with Gasteiger partial charge in [0.2, 0.25) is 5.78 Å². The van der Waals surface area contributed by atoms with Gasteiger partial charge in [0.1, 0.15) is 5.75 Å². The van der Waals surface area contributed by atoms with Crippen molar-refractivity contribution < 1.29 is 9.53 Å². The van der Waals surface area contributed by atoms with Gasteiger partial charge in [-0.2, -0.15) is 5.10 Å². The lowest BCUT2D eigenvalue weighted by molar-refractivity contribution is 0.107. The molecule has 0 amide bonds. The average molecular weight is 218 g/mol. The monoisotopic (exact) mass is 218 g/mol. The molecule has 0 spiro atoms. The summed E-state index contributed by atoms with van der Waals surface area (Å²) >= 11 is 0. The highest BCUT2D eigenvalue weighted by Gasteiger charge is 2.31. The minimum Gasteiger partial charge on any atom is -0.492 e. The maximum atomic E-state index is 11.5. The summed E-state index contributed by atoms with van der Waals surface area (Å²) in [6.07, 6.45) is 1.10. The van der Waals surface area contributed by atoms with Crippen molar-refractivity contribution in [2.75, 3.05) is 6.61 Å². The largest absolute Gasteiger partial charge is 0.492 e. The molecular weight excluding hydrogens is 204 g/mol. The van der Waals surface area contributed by atoms with Crippen LogP contribution in [0.2, 0.25) is 0 Å². The Bertz CT molecular complexity index is 464. The van der Waals surface area contributed by atoms with Crippen LogP contribution in [0.5, 0.6) is 5.75 Å². The summed E-state index contributed by atoms with van der Waals surface area (Å²) in [5, 5.41) is 3.22. The zero-order valence-electron chi connectivity index (χ0n) is 9.36. The van der Waals surface area contributed by atoms with Crippen molar-refractivity contribution in [2.45, 2.75) is 19.3 Å². The second-order valence-electron chi connectivity index (χ2n) is 4.53. The number of rotatable bonds is 2. The molecule has 1 aliphatic heterocycles. The fourth-order valence-corrected chi connectivity index (χ4v) is 1.83. The van der Waals surface area contributed by atoms with Crippen LogP contribution in [0.4, 0.5) is 0 Å². The second kappa shape index (κ2) is 3.63. The minimum absolute atomic E-state index is 0.0128. The molecule has 4 nitrogen and oxygen atoms in total. The molecule has 16 heavy (non-hydrogen) atoms. The van der Waals surface area contributed by atoms with E-state index < -0.39 is 0 Å². The van der Waals surface area contributed by atoms with Crippen LogP contribution in [0.3, 0.4) is 0 Å². The summed E-state index contributed by atoms with van der Waals surface area (Å²) in [6.45, 7) is 4.87. The number of Topliss-reactive ketones (excluding diaryl/α,β-unsaturated/α-hetero) is 1. The fourth-order valence-electron chi connectivity index (χ4n) is 1.83. The summed E-state index contributed by atoms with van der Waals surface area (Å²) in [6, 6.07) is 5.45. The molecule has 0 bridgehead atoms. The van der Waals surface area contributed by atoms with Gasteiger partial charge in [-0.3, -0.25) is 4.79 Å². The molecule has 1 aromatic carbocycles. The van der Waals surface area contributed by atoms with Crippen molar-refractivity contribution in [3.63, 3.8) is 0 Å². The highest BCUT2D eigenvalue weighted by atomic mass is 16.5. The highest BCUT2D eigenvalue weighted by molar-refractivity contribution is 6.35. The molecule has 0 radical (unpaired) electrons. The van der Waals surface area contributed by atoms with Crippen LogP contribution < -0.4 is 10.6 Å². The van der Waals surface area contributed by atoms with E-state index in [0.717, 1.165) is 17.5 Å². The Morgan fingerprint density at radius 1 is 1.56 bits per heavy atom. The first kappa shape index (κ1) is 10.7. The lowest BCUT2D eigenvalue weighted by atomic mass is 9.86.